The van der Waals surface area contributed by atoms with Crippen LogP contribution in [0.5, 0.6) is 5.88 Å². The standard InChI is InChI=1S/C16H16N6O4S/c1-11-19-14(22-8-2-7-18-22)9-16(20-11)26-10-15(23)21-12-3-5-13(6-4-12)27(17,24)25/h2-9H,10H2,1H3,(H,21,23)(H2,17,24,25). The van der Waals surface area contributed by atoms with Crippen molar-refractivity contribution in [2.45, 2.75) is 11.8 Å². The fraction of sp³-hybridized carbons (Fsp3) is 0.125. The van der Waals surface area contributed by atoms with Crippen molar-refractivity contribution in [3.8, 4) is 11.7 Å². The van der Waals surface area contributed by atoms with Crippen molar-refractivity contribution in [2.24, 2.45) is 5.14 Å². The molecule has 3 aromatic rings. The number of anilines is 1. The van der Waals surface area contributed by atoms with Crippen molar-refractivity contribution in [1.82, 2.24) is 19.7 Å². The fourth-order valence-corrected chi connectivity index (χ4v) is 2.70. The molecule has 10 nitrogen and oxygen atoms in total. The number of carbonyl (C=O) groups is 1. The van der Waals surface area contributed by atoms with E-state index in [4.69, 9.17) is 9.88 Å². The zero-order valence-corrected chi connectivity index (χ0v) is 15.0. The minimum absolute atomic E-state index is 0.0423. The Morgan fingerprint density at radius 3 is 2.63 bits per heavy atom. The van der Waals surface area contributed by atoms with Crippen LogP contribution in [-0.2, 0) is 14.8 Å². The number of aryl methyl sites for hydroxylation is 1. The molecule has 1 amide bonds. The molecular weight excluding hydrogens is 372 g/mol. The van der Waals surface area contributed by atoms with Crippen LogP contribution in [0.3, 0.4) is 0 Å². The highest BCUT2D eigenvalue weighted by atomic mass is 32.2. The van der Waals surface area contributed by atoms with Gasteiger partial charge in [0, 0.05) is 24.1 Å². The van der Waals surface area contributed by atoms with Gasteiger partial charge in [-0.15, -0.1) is 0 Å². The van der Waals surface area contributed by atoms with Gasteiger partial charge in [-0.3, -0.25) is 4.79 Å². The van der Waals surface area contributed by atoms with E-state index in [1.54, 1.807) is 36.1 Å². The van der Waals surface area contributed by atoms with Crippen molar-refractivity contribution in [1.29, 1.82) is 0 Å². The molecule has 0 aliphatic rings. The number of nitrogens with zero attached hydrogens (tertiary/aromatic N) is 4. The van der Waals surface area contributed by atoms with E-state index in [0.29, 0.717) is 17.3 Å². The average Bonchev–Trinajstić information content (AvgIpc) is 3.14. The highest BCUT2D eigenvalue weighted by molar-refractivity contribution is 7.89. The first-order valence-electron chi connectivity index (χ1n) is 7.72. The van der Waals surface area contributed by atoms with Crippen LogP contribution >= 0.6 is 0 Å². The Kier molecular flexibility index (Phi) is 5.14. The number of sulfonamides is 1. The molecule has 27 heavy (non-hydrogen) atoms. The summed E-state index contributed by atoms with van der Waals surface area (Å²) in [6.07, 6.45) is 3.34. The number of amides is 1. The van der Waals surface area contributed by atoms with Crippen molar-refractivity contribution in [2.75, 3.05) is 11.9 Å². The van der Waals surface area contributed by atoms with Gasteiger partial charge < -0.3 is 10.1 Å². The van der Waals surface area contributed by atoms with E-state index < -0.39 is 15.9 Å². The molecule has 0 saturated carbocycles. The summed E-state index contributed by atoms with van der Waals surface area (Å²) < 4.78 is 29.4. The van der Waals surface area contributed by atoms with E-state index in [9.17, 15) is 13.2 Å². The Hall–Kier alpha value is -3.31. The SMILES string of the molecule is Cc1nc(OCC(=O)Nc2ccc(S(N)(=O)=O)cc2)cc(-n2cccn2)n1. The molecule has 0 bridgehead atoms. The monoisotopic (exact) mass is 388 g/mol. The zero-order chi connectivity index (χ0) is 19.4. The van der Waals surface area contributed by atoms with Crippen LogP contribution in [0.15, 0.2) is 53.7 Å². The Morgan fingerprint density at radius 1 is 1.26 bits per heavy atom. The molecule has 0 aliphatic heterocycles. The smallest absolute Gasteiger partial charge is 0.262 e. The van der Waals surface area contributed by atoms with E-state index in [1.807, 2.05) is 0 Å². The third-order valence-corrected chi connectivity index (χ3v) is 4.29. The lowest BCUT2D eigenvalue weighted by Crippen LogP contribution is -2.21. The van der Waals surface area contributed by atoms with Crippen molar-refractivity contribution in [3.05, 3.63) is 54.6 Å². The first-order valence-corrected chi connectivity index (χ1v) is 9.27. The summed E-state index contributed by atoms with van der Waals surface area (Å²) in [4.78, 5) is 20.4. The van der Waals surface area contributed by atoms with Gasteiger partial charge in [-0.2, -0.15) is 10.1 Å². The van der Waals surface area contributed by atoms with Gasteiger partial charge in [0.05, 0.1) is 4.90 Å². The molecule has 1 aromatic carbocycles. The maximum atomic E-state index is 12.0. The second kappa shape index (κ2) is 7.51. The largest absolute Gasteiger partial charge is 0.467 e. The lowest BCUT2D eigenvalue weighted by molar-refractivity contribution is -0.118. The molecule has 3 N–H and O–H groups in total. The Bertz CT molecular complexity index is 1050. The number of hydrogen-bond acceptors (Lipinski definition) is 7. The molecule has 0 unspecified atom stereocenters. The van der Waals surface area contributed by atoms with E-state index in [2.05, 4.69) is 20.4 Å². The number of aromatic nitrogens is 4. The van der Waals surface area contributed by atoms with E-state index >= 15 is 0 Å². The molecule has 0 aliphatic carbocycles. The van der Waals surface area contributed by atoms with Gasteiger partial charge in [0.25, 0.3) is 5.91 Å². The third-order valence-electron chi connectivity index (χ3n) is 3.36. The lowest BCUT2D eigenvalue weighted by Gasteiger charge is -2.09. The Labute approximate surface area is 155 Å². The van der Waals surface area contributed by atoms with Gasteiger partial charge >= 0.3 is 0 Å². The molecule has 0 fully saturated rings. The molecule has 140 valence electrons. The fourth-order valence-electron chi connectivity index (χ4n) is 2.19. The van der Waals surface area contributed by atoms with Gasteiger partial charge in [-0.25, -0.2) is 23.2 Å². The molecule has 2 heterocycles. The normalized spacial score (nSPS) is 11.2. The summed E-state index contributed by atoms with van der Waals surface area (Å²) in [5, 5.41) is 11.7. The predicted octanol–water partition coefficient (Wildman–Crippen LogP) is 0.636. The van der Waals surface area contributed by atoms with Gasteiger partial charge in [0.15, 0.2) is 12.4 Å². The van der Waals surface area contributed by atoms with Gasteiger partial charge in [-0.1, -0.05) is 0 Å². The van der Waals surface area contributed by atoms with Gasteiger partial charge in [0.1, 0.15) is 5.82 Å². The summed E-state index contributed by atoms with van der Waals surface area (Å²) in [6.45, 7) is 1.42. The minimum Gasteiger partial charge on any atom is -0.467 e. The van der Waals surface area contributed by atoms with E-state index in [0.717, 1.165) is 0 Å². The number of nitrogens with one attached hydrogen (secondary N) is 1. The second-order valence-corrected chi connectivity index (χ2v) is 7.03. The number of hydrogen-bond donors (Lipinski definition) is 2. The van der Waals surface area contributed by atoms with Crippen molar-refractivity contribution >= 4 is 21.6 Å². The number of benzene rings is 1. The summed E-state index contributed by atoms with van der Waals surface area (Å²) in [5.74, 6) is 0.779. The third kappa shape index (κ3) is 4.86. The van der Waals surface area contributed by atoms with Crippen LogP contribution < -0.4 is 15.2 Å². The summed E-state index contributed by atoms with van der Waals surface area (Å²) >= 11 is 0. The molecule has 0 spiro atoms. The molecule has 2 aromatic heterocycles. The highest BCUT2D eigenvalue weighted by Gasteiger charge is 2.10. The molecule has 0 saturated heterocycles. The van der Waals surface area contributed by atoms with Gasteiger partial charge in [0.2, 0.25) is 15.9 Å². The maximum Gasteiger partial charge on any atom is 0.262 e. The summed E-state index contributed by atoms with van der Waals surface area (Å²) in [7, 11) is -3.78. The number of rotatable bonds is 6. The first-order chi connectivity index (χ1) is 12.8. The number of carbonyl (C=O) groups excluding carboxylic acids is 1. The average molecular weight is 388 g/mol. The number of primary sulfonamides is 1. The molecule has 3 rings (SSSR count). The summed E-state index contributed by atoms with van der Waals surface area (Å²) in [6, 6.07) is 8.79. The van der Waals surface area contributed by atoms with Crippen molar-refractivity contribution < 1.29 is 17.9 Å². The maximum absolute atomic E-state index is 12.0. The minimum atomic E-state index is -3.78. The lowest BCUT2D eigenvalue weighted by atomic mass is 10.3. The van der Waals surface area contributed by atoms with Crippen LogP contribution in [0, 0.1) is 6.92 Å². The van der Waals surface area contributed by atoms with Crippen LogP contribution in [0.4, 0.5) is 5.69 Å². The van der Waals surface area contributed by atoms with Crippen LogP contribution in [0.2, 0.25) is 0 Å². The van der Waals surface area contributed by atoms with Crippen LogP contribution in [0.1, 0.15) is 5.82 Å². The Balaban J connectivity index is 1.62. The topological polar surface area (TPSA) is 142 Å². The van der Waals surface area contributed by atoms with Crippen LogP contribution in [0.25, 0.3) is 5.82 Å². The quantitative estimate of drug-likeness (QED) is 0.631. The van der Waals surface area contributed by atoms with Crippen LogP contribution in [-0.4, -0.2) is 40.7 Å². The van der Waals surface area contributed by atoms with Gasteiger partial charge in [-0.05, 0) is 37.3 Å². The highest BCUT2D eigenvalue weighted by Crippen LogP contribution is 2.14. The predicted molar refractivity (Wildman–Crippen MR) is 95.8 cm³/mol. The zero-order valence-electron chi connectivity index (χ0n) is 14.2. The molecule has 0 atom stereocenters. The molecule has 11 heteroatoms. The second-order valence-electron chi connectivity index (χ2n) is 5.47. The molecule has 0 radical (unpaired) electrons. The Morgan fingerprint density at radius 2 is 2.00 bits per heavy atom. The van der Waals surface area contributed by atoms with E-state index in [-0.39, 0.29) is 17.4 Å². The number of nitrogens with two attached hydrogens (primary N) is 1. The number of ether oxygens (including phenoxy) is 1. The van der Waals surface area contributed by atoms with E-state index in [1.165, 1.54) is 24.3 Å². The van der Waals surface area contributed by atoms with Crippen molar-refractivity contribution in [3.63, 3.8) is 0 Å². The molecular formula is C16H16N6O4S. The first kappa shape index (κ1) is 18.5. The summed E-state index contributed by atoms with van der Waals surface area (Å²) in [5.41, 5.74) is 0.409.